The molecule has 0 amide bonds. The number of nitrogens with one attached hydrogen (secondary N) is 1. The summed E-state index contributed by atoms with van der Waals surface area (Å²) in [5, 5.41) is 3.86. The molecule has 1 N–H and O–H groups in total. The molecule has 1 rings (SSSR count). The van der Waals surface area contributed by atoms with Gasteiger partial charge in [0.1, 0.15) is 0 Å². The van der Waals surface area contributed by atoms with E-state index in [1.807, 2.05) is 0 Å². The Morgan fingerprint density at radius 1 is 1.07 bits per heavy atom. The van der Waals surface area contributed by atoms with Gasteiger partial charge in [0.15, 0.2) is 0 Å². The summed E-state index contributed by atoms with van der Waals surface area (Å²) in [5.74, 6) is 1.69. The lowest BCUT2D eigenvalue weighted by Gasteiger charge is -2.40. The van der Waals surface area contributed by atoms with Gasteiger partial charge in [-0.25, -0.2) is 0 Å². The van der Waals surface area contributed by atoms with Crippen LogP contribution >= 0.6 is 0 Å². The fourth-order valence-electron chi connectivity index (χ4n) is 2.55. The van der Waals surface area contributed by atoms with Crippen molar-refractivity contribution < 1.29 is 0 Å². The monoisotopic (exact) mass is 211 g/mol. The third kappa shape index (κ3) is 3.48. The predicted octanol–water partition coefficient (Wildman–Crippen LogP) is 3.84. The van der Waals surface area contributed by atoms with Crippen molar-refractivity contribution in [1.82, 2.24) is 5.32 Å². The van der Waals surface area contributed by atoms with E-state index < -0.39 is 0 Å². The first-order valence-corrected chi connectivity index (χ1v) is 6.58. The zero-order valence-electron chi connectivity index (χ0n) is 11.4. The molecule has 90 valence electrons. The molecule has 0 aromatic carbocycles. The average Bonchev–Trinajstić information content (AvgIpc) is 2.09. The van der Waals surface area contributed by atoms with E-state index in [2.05, 4.69) is 46.9 Å². The van der Waals surface area contributed by atoms with Gasteiger partial charge in [0.25, 0.3) is 0 Å². The van der Waals surface area contributed by atoms with Gasteiger partial charge >= 0.3 is 0 Å². The van der Waals surface area contributed by atoms with Crippen LogP contribution in [0.25, 0.3) is 0 Å². The Bertz CT molecular complexity index is 182. The van der Waals surface area contributed by atoms with E-state index in [1.165, 1.54) is 19.3 Å². The molecule has 15 heavy (non-hydrogen) atoms. The van der Waals surface area contributed by atoms with Crippen molar-refractivity contribution in [3.05, 3.63) is 0 Å². The van der Waals surface area contributed by atoms with Crippen molar-refractivity contribution >= 4 is 0 Å². The molecule has 0 spiro atoms. The fourth-order valence-corrected chi connectivity index (χ4v) is 2.55. The molecular formula is C14H29N. The van der Waals surface area contributed by atoms with Gasteiger partial charge in [-0.3, -0.25) is 0 Å². The molecule has 0 bridgehead atoms. The first-order chi connectivity index (χ1) is 6.82. The van der Waals surface area contributed by atoms with Gasteiger partial charge in [0.05, 0.1) is 0 Å². The maximum atomic E-state index is 3.86. The lowest BCUT2D eigenvalue weighted by molar-refractivity contribution is 0.159. The van der Waals surface area contributed by atoms with Crippen LogP contribution in [0.4, 0.5) is 0 Å². The Morgan fingerprint density at radius 3 is 1.93 bits per heavy atom. The largest absolute Gasteiger partial charge is 0.310 e. The molecule has 0 radical (unpaired) electrons. The van der Waals surface area contributed by atoms with E-state index in [4.69, 9.17) is 0 Å². The van der Waals surface area contributed by atoms with E-state index >= 15 is 0 Å². The quantitative estimate of drug-likeness (QED) is 0.732. The summed E-state index contributed by atoms with van der Waals surface area (Å²) in [6.45, 7) is 14.1. The van der Waals surface area contributed by atoms with Crippen LogP contribution in [0.15, 0.2) is 0 Å². The summed E-state index contributed by atoms with van der Waals surface area (Å²) in [5.41, 5.74) is 0.372. The molecule has 0 aliphatic heterocycles. The van der Waals surface area contributed by atoms with Crippen LogP contribution < -0.4 is 5.32 Å². The van der Waals surface area contributed by atoms with Crippen molar-refractivity contribution in [2.24, 2.45) is 17.3 Å². The number of hydrogen-bond acceptors (Lipinski definition) is 1. The normalized spacial score (nSPS) is 35.2. The van der Waals surface area contributed by atoms with E-state index in [0.717, 1.165) is 17.9 Å². The maximum absolute atomic E-state index is 3.86. The Labute approximate surface area is 96.0 Å². The van der Waals surface area contributed by atoms with Gasteiger partial charge in [-0.2, -0.15) is 0 Å². The standard InChI is InChI=1S/C14H29N/c1-10-8-7-9-11(2)13(10)15-12(3)14(4,5)6/h10-13,15H,7-9H2,1-6H3. The van der Waals surface area contributed by atoms with Crippen LogP contribution in [0.3, 0.4) is 0 Å². The zero-order chi connectivity index (χ0) is 11.6. The highest BCUT2D eigenvalue weighted by Gasteiger charge is 2.31. The highest BCUT2D eigenvalue weighted by molar-refractivity contribution is 4.88. The zero-order valence-corrected chi connectivity index (χ0v) is 11.4. The van der Waals surface area contributed by atoms with Crippen LogP contribution in [-0.4, -0.2) is 12.1 Å². The smallest absolute Gasteiger partial charge is 0.0121 e. The minimum atomic E-state index is 0.372. The Kier molecular flexibility index (Phi) is 4.22. The molecule has 1 nitrogen and oxygen atoms in total. The number of rotatable bonds is 2. The summed E-state index contributed by atoms with van der Waals surface area (Å²) in [4.78, 5) is 0. The minimum absolute atomic E-state index is 0.372. The van der Waals surface area contributed by atoms with E-state index in [0.29, 0.717) is 11.5 Å². The summed E-state index contributed by atoms with van der Waals surface area (Å²) >= 11 is 0. The number of hydrogen-bond donors (Lipinski definition) is 1. The molecule has 0 saturated heterocycles. The van der Waals surface area contributed by atoms with Crippen molar-refractivity contribution in [2.45, 2.75) is 72.9 Å². The maximum Gasteiger partial charge on any atom is 0.0121 e. The lowest BCUT2D eigenvalue weighted by Crippen LogP contribution is -2.50. The Morgan fingerprint density at radius 2 is 1.53 bits per heavy atom. The van der Waals surface area contributed by atoms with E-state index in [-0.39, 0.29) is 0 Å². The van der Waals surface area contributed by atoms with E-state index in [9.17, 15) is 0 Å². The van der Waals surface area contributed by atoms with Gasteiger partial charge in [0, 0.05) is 12.1 Å². The summed E-state index contributed by atoms with van der Waals surface area (Å²) < 4.78 is 0. The van der Waals surface area contributed by atoms with Crippen LogP contribution in [0.1, 0.15) is 60.8 Å². The molecule has 3 unspecified atom stereocenters. The summed E-state index contributed by atoms with van der Waals surface area (Å²) in [6.07, 6.45) is 4.22. The molecule has 1 saturated carbocycles. The Hall–Kier alpha value is -0.0400. The molecule has 1 heteroatoms. The third-order valence-electron chi connectivity index (χ3n) is 4.29. The van der Waals surface area contributed by atoms with Gasteiger partial charge in [-0.05, 0) is 37.0 Å². The highest BCUT2D eigenvalue weighted by Crippen LogP contribution is 2.30. The molecule has 3 atom stereocenters. The second-order valence-electron chi connectivity index (χ2n) is 6.67. The van der Waals surface area contributed by atoms with Crippen LogP contribution in [0, 0.1) is 17.3 Å². The lowest BCUT2D eigenvalue weighted by atomic mass is 9.77. The highest BCUT2D eigenvalue weighted by atomic mass is 15.0. The third-order valence-corrected chi connectivity index (χ3v) is 4.29. The molecule has 1 aliphatic rings. The van der Waals surface area contributed by atoms with Gasteiger partial charge in [0.2, 0.25) is 0 Å². The van der Waals surface area contributed by atoms with Crippen molar-refractivity contribution in [3.8, 4) is 0 Å². The fraction of sp³-hybridized carbons (Fsp3) is 1.00. The van der Waals surface area contributed by atoms with E-state index in [1.54, 1.807) is 0 Å². The predicted molar refractivity (Wildman–Crippen MR) is 68.0 cm³/mol. The topological polar surface area (TPSA) is 12.0 Å². The Balaban J connectivity index is 2.55. The molecule has 1 aliphatic carbocycles. The van der Waals surface area contributed by atoms with Crippen LogP contribution in [0.5, 0.6) is 0 Å². The van der Waals surface area contributed by atoms with Gasteiger partial charge < -0.3 is 5.32 Å². The summed E-state index contributed by atoms with van der Waals surface area (Å²) in [7, 11) is 0. The molecule has 0 heterocycles. The second-order valence-corrected chi connectivity index (χ2v) is 6.67. The summed E-state index contributed by atoms with van der Waals surface area (Å²) in [6, 6.07) is 1.33. The first-order valence-electron chi connectivity index (χ1n) is 6.58. The second kappa shape index (κ2) is 4.86. The first kappa shape index (κ1) is 13.0. The van der Waals surface area contributed by atoms with Crippen LogP contribution in [-0.2, 0) is 0 Å². The van der Waals surface area contributed by atoms with Gasteiger partial charge in [-0.15, -0.1) is 0 Å². The molecule has 0 aromatic heterocycles. The van der Waals surface area contributed by atoms with Gasteiger partial charge in [-0.1, -0.05) is 41.0 Å². The van der Waals surface area contributed by atoms with Crippen molar-refractivity contribution in [2.75, 3.05) is 0 Å². The van der Waals surface area contributed by atoms with Crippen molar-refractivity contribution in [1.29, 1.82) is 0 Å². The minimum Gasteiger partial charge on any atom is -0.310 e. The van der Waals surface area contributed by atoms with Crippen molar-refractivity contribution in [3.63, 3.8) is 0 Å². The SMILES string of the molecule is CC1CCCC(C)C1NC(C)C(C)(C)C. The molecular weight excluding hydrogens is 182 g/mol. The molecule has 1 fully saturated rings. The average molecular weight is 211 g/mol. The molecule has 0 aromatic rings. The van der Waals surface area contributed by atoms with Crippen LogP contribution in [0.2, 0.25) is 0 Å².